The largest absolute Gasteiger partial charge is 0.354 e. The summed E-state index contributed by atoms with van der Waals surface area (Å²) in [6.45, 7) is 5.33. The number of benzene rings is 1. The number of rotatable bonds is 5. The van der Waals surface area contributed by atoms with Crippen LogP contribution in [0.3, 0.4) is 0 Å². The lowest BCUT2D eigenvalue weighted by Crippen LogP contribution is -2.20. The summed E-state index contributed by atoms with van der Waals surface area (Å²) in [4.78, 5) is 0. The van der Waals surface area contributed by atoms with Gasteiger partial charge in [-0.25, -0.2) is 8.78 Å². The molecule has 0 saturated carbocycles. The van der Waals surface area contributed by atoms with Gasteiger partial charge in [-0.05, 0) is 37.6 Å². The van der Waals surface area contributed by atoms with Crippen molar-refractivity contribution in [2.45, 2.75) is 33.0 Å². The molecule has 0 aliphatic carbocycles. The minimum absolute atomic E-state index is 0.0948. The van der Waals surface area contributed by atoms with Crippen LogP contribution in [0.2, 0.25) is 0 Å². The van der Waals surface area contributed by atoms with Gasteiger partial charge in [-0.3, -0.25) is 0 Å². The topological polar surface area (TPSA) is 17.0 Å². The molecule has 2 nitrogen and oxygen atoms in total. The first kappa shape index (κ1) is 13.7. The SMILES string of the molecule is CCn1ccc(CNC(C)c2c(F)cccc2F)c1. The van der Waals surface area contributed by atoms with Crippen molar-refractivity contribution in [2.75, 3.05) is 0 Å². The predicted octanol–water partition coefficient (Wildman–Crippen LogP) is 3.64. The van der Waals surface area contributed by atoms with E-state index in [2.05, 4.69) is 16.8 Å². The molecule has 0 aliphatic rings. The zero-order chi connectivity index (χ0) is 13.8. The molecule has 1 aromatic heterocycles. The van der Waals surface area contributed by atoms with Crippen LogP contribution in [-0.2, 0) is 13.1 Å². The molecule has 0 saturated heterocycles. The first-order chi connectivity index (χ1) is 9.11. The first-order valence-corrected chi connectivity index (χ1v) is 6.43. The van der Waals surface area contributed by atoms with Crippen molar-refractivity contribution in [1.29, 1.82) is 0 Å². The van der Waals surface area contributed by atoms with Crippen LogP contribution in [0.4, 0.5) is 8.78 Å². The maximum Gasteiger partial charge on any atom is 0.130 e. The molecule has 19 heavy (non-hydrogen) atoms. The maximum absolute atomic E-state index is 13.6. The van der Waals surface area contributed by atoms with Gasteiger partial charge in [-0.1, -0.05) is 6.07 Å². The summed E-state index contributed by atoms with van der Waals surface area (Å²) in [5.74, 6) is -1.02. The Morgan fingerprint density at radius 2 is 1.89 bits per heavy atom. The molecule has 4 heteroatoms. The van der Waals surface area contributed by atoms with E-state index in [1.54, 1.807) is 6.92 Å². The third kappa shape index (κ3) is 3.20. The minimum atomic E-state index is -0.508. The van der Waals surface area contributed by atoms with Gasteiger partial charge in [0, 0.05) is 37.1 Å². The minimum Gasteiger partial charge on any atom is -0.354 e. The second kappa shape index (κ2) is 5.97. The lowest BCUT2D eigenvalue weighted by atomic mass is 10.1. The van der Waals surface area contributed by atoms with Crippen molar-refractivity contribution in [3.05, 3.63) is 59.4 Å². The fourth-order valence-corrected chi connectivity index (χ4v) is 2.09. The molecule has 0 radical (unpaired) electrons. The van der Waals surface area contributed by atoms with E-state index in [0.29, 0.717) is 6.54 Å². The molecule has 0 amide bonds. The van der Waals surface area contributed by atoms with Crippen LogP contribution in [0.5, 0.6) is 0 Å². The lowest BCUT2D eigenvalue weighted by molar-refractivity contribution is 0.487. The molecule has 2 rings (SSSR count). The summed E-state index contributed by atoms with van der Waals surface area (Å²) >= 11 is 0. The highest BCUT2D eigenvalue weighted by atomic mass is 19.1. The summed E-state index contributed by atoms with van der Waals surface area (Å²) in [5, 5.41) is 3.14. The van der Waals surface area contributed by atoms with Crippen molar-refractivity contribution in [1.82, 2.24) is 9.88 Å². The molecule has 1 atom stereocenters. The Kier molecular flexibility index (Phi) is 4.32. The van der Waals surface area contributed by atoms with Crippen molar-refractivity contribution < 1.29 is 8.78 Å². The molecule has 0 spiro atoms. The van der Waals surface area contributed by atoms with Gasteiger partial charge in [0.05, 0.1) is 0 Å². The number of aromatic nitrogens is 1. The molecule has 0 bridgehead atoms. The highest BCUT2D eigenvalue weighted by Gasteiger charge is 2.15. The normalized spacial score (nSPS) is 12.6. The van der Waals surface area contributed by atoms with Crippen molar-refractivity contribution in [3.63, 3.8) is 0 Å². The van der Waals surface area contributed by atoms with Crippen molar-refractivity contribution >= 4 is 0 Å². The van der Waals surface area contributed by atoms with Gasteiger partial charge in [-0.2, -0.15) is 0 Å². The fourth-order valence-electron chi connectivity index (χ4n) is 2.09. The van der Waals surface area contributed by atoms with E-state index in [0.717, 1.165) is 12.1 Å². The van der Waals surface area contributed by atoms with Gasteiger partial charge in [-0.15, -0.1) is 0 Å². The van der Waals surface area contributed by atoms with Gasteiger partial charge in [0.15, 0.2) is 0 Å². The smallest absolute Gasteiger partial charge is 0.130 e. The summed E-state index contributed by atoms with van der Waals surface area (Å²) in [6.07, 6.45) is 4.02. The third-order valence-corrected chi connectivity index (χ3v) is 3.22. The molecular formula is C15H18F2N2. The Morgan fingerprint density at radius 3 is 2.47 bits per heavy atom. The number of hydrogen-bond acceptors (Lipinski definition) is 1. The van der Waals surface area contributed by atoms with Crippen LogP contribution < -0.4 is 5.32 Å². The Labute approximate surface area is 112 Å². The predicted molar refractivity (Wildman–Crippen MR) is 71.7 cm³/mol. The third-order valence-electron chi connectivity index (χ3n) is 3.22. The standard InChI is InChI=1S/C15H18F2N2/c1-3-19-8-7-12(10-19)9-18-11(2)15-13(16)5-4-6-14(15)17/h4-8,10-11,18H,3,9H2,1-2H3. The van der Waals surface area contributed by atoms with E-state index in [4.69, 9.17) is 0 Å². The van der Waals surface area contributed by atoms with Gasteiger partial charge >= 0.3 is 0 Å². The molecule has 2 aromatic rings. The summed E-state index contributed by atoms with van der Waals surface area (Å²) in [7, 11) is 0. The number of nitrogens with zero attached hydrogens (tertiary/aromatic N) is 1. The zero-order valence-corrected chi connectivity index (χ0v) is 11.2. The van der Waals surface area contributed by atoms with Crippen LogP contribution in [0, 0.1) is 11.6 Å². The summed E-state index contributed by atoms with van der Waals surface area (Å²) in [5.41, 5.74) is 1.20. The first-order valence-electron chi connectivity index (χ1n) is 6.43. The molecule has 0 aliphatic heterocycles. The molecule has 102 valence electrons. The van der Waals surface area contributed by atoms with Crippen LogP contribution in [0.1, 0.15) is 31.0 Å². The van der Waals surface area contributed by atoms with E-state index in [1.165, 1.54) is 18.2 Å². The van der Waals surface area contributed by atoms with Crippen LogP contribution in [0.25, 0.3) is 0 Å². The zero-order valence-electron chi connectivity index (χ0n) is 11.2. The molecule has 1 heterocycles. The monoisotopic (exact) mass is 264 g/mol. The van der Waals surface area contributed by atoms with Gasteiger partial charge in [0.2, 0.25) is 0 Å². The van der Waals surface area contributed by atoms with E-state index in [1.807, 2.05) is 18.5 Å². The van der Waals surface area contributed by atoms with Crippen LogP contribution in [-0.4, -0.2) is 4.57 Å². The quantitative estimate of drug-likeness (QED) is 0.872. The average molecular weight is 264 g/mol. The number of hydrogen-bond donors (Lipinski definition) is 1. The summed E-state index contributed by atoms with van der Waals surface area (Å²) in [6, 6.07) is 5.57. The number of nitrogens with one attached hydrogen (secondary N) is 1. The highest BCUT2D eigenvalue weighted by Crippen LogP contribution is 2.20. The van der Waals surface area contributed by atoms with Crippen LogP contribution in [0.15, 0.2) is 36.7 Å². The molecule has 0 fully saturated rings. The van der Waals surface area contributed by atoms with Gasteiger partial charge in [0.1, 0.15) is 11.6 Å². The average Bonchev–Trinajstić information content (AvgIpc) is 2.84. The fraction of sp³-hybridized carbons (Fsp3) is 0.333. The van der Waals surface area contributed by atoms with Gasteiger partial charge < -0.3 is 9.88 Å². The van der Waals surface area contributed by atoms with Crippen molar-refractivity contribution in [3.8, 4) is 0 Å². The Hall–Kier alpha value is -1.68. The number of halogens is 2. The molecule has 1 aromatic carbocycles. The van der Waals surface area contributed by atoms with Gasteiger partial charge in [0.25, 0.3) is 0 Å². The second-order valence-electron chi connectivity index (χ2n) is 4.59. The highest BCUT2D eigenvalue weighted by molar-refractivity contribution is 5.23. The van der Waals surface area contributed by atoms with E-state index >= 15 is 0 Å². The molecule has 1 N–H and O–H groups in total. The van der Waals surface area contributed by atoms with E-state index in [9.17, 15) is 8.78 Å². The Balaban J connectivity index is 2.03. The molecule has 1 unspecified atom stereocenters. The Morgan fingerprint density at radius 1 is 1.21 bits per heavy atom. The number of aryl methyl sites for hydroxylation is 1. The second-order valence-corrected chi connectivity index (χ2v) is 4.59. The van der Waals surface area contributed by atoms with Crippen LogP contribution >= 0.6 is 0 Å². The lowest BCUT2D eigenvalue weighted by Gasteiger charge is -2.15. The summed E-state index contributed by atoms with van der Waals surface area (Å²) < 4.78 is 29.3. The van der Waals surface area contributed by atoms with Crippen molar-refractivity contribution in [2.24, 2.45) is 0 Å². The Bertz CT molecular complexity index is 529. The van der Waals surface area contributed by atoms with E-state index < -0.39 is 11.6 Å². The van der Waals surface area contributed by atoms with E-state index in [-0.39, 0.29) is 11.6 Å². The molecular weight excluding hydrogens is 246 g/mol. The maximum atomic E-state index is 13.6.